The molecule has 1 aromatic rings. The molecular weight excluding hydrogens is 302 g/mol. The van der Waals surface area contributed by atoms with Crippen LogP contribution < -0.4 is 25.6 Å². The summed E-state index contributed by atoms with van der Waals surface area (Å²) in [5, 5.41) is 2.52. The number of nitrogens with one attached hydrogen (secondary N) is 3. The number of rotatable bonds is 5. The summed E-state index contributed by atoms with van der Waals surface area (Å²) in [6, 6.07) is 5.13. The van der Waals surface area contributed by atoms with Gasteiger partial charge in [0.05, 0.1) is 20.6 Å². The van der Waals surface area contributed by atoms with Gasteiger partial charge < -0.3 is 14.8 Å². The normalized spacial score (nSPS) is 13.0. The van der Waals surface area contributed by atoms with Crippen molar-refractivity contribution in [3.63, 3.8) is 0 Å². The number of amides is 3. The third-order valence-electron chi connectivity index (χ3n) is 3.28. The van der Waals surface area contributed by atoms with Crippen LogP contribution in [-0.4, -0.2) is 38.0 Å². The third-order valence-corrected chi connectivity index (χ3v) is 3.28. The molecule has 3 amide bonds. The Labute approximate surface area is 133 Å². The van der Waals surface area contributed by atoms with Crippen molar-refractivity contribution in [1.82, 2.24) is 16.2 Å². The number of benzene rings is 1. The van der Waals surface area contributed by atoms with Crippen LogP contribution in [-0.2, 0) is 20.8 Å². The zero-order chi connectivity index (χ0) is 16.8. The van der Waals surface area contributed by atoms with Gasteiger partial charge in [-0.1, -0.05) is 6.07 Å². The highest BCUT2D eigenvalue weighted by atomic mass is 16.5. The van der Waals surface area contributed by atoms with E-state index in [1.807, 2.05) is 0 Å². The Balaban J connectivity index is 1.84. The lowest BCUT2D eigenvalue weighted by molar-refractivity contribution is -0.140. The van der Waals surface area contributed by atoms with E-state index in [4.69, 9.17) is 9.47 Å². The number of carbonyl (C=O) groups excluding carboxylic acids is 3. The van der Waals surface area contributed by atoms with Crippen LogP contribution in [0, 0.1) is 0 Å². The first-order valence-corrected chi connectivity index (χ1v) is 7.14. The van der Waals surface area contributed by atoms with Crippen molar-refractivity contribution >= 4 is 17.7 Å². The summed E-state index contributed by atoms with van der Waals surface area (Å²) in [6.07, 6.45) is 1.74. The van der Waals surface area contributed by atoms with E-state index in [0.717, 1.165) is 12.8 Å². The molecule has 3 N–H and O–H groups in total. The maximum Gasteiger partial charge on any atom is 0.327 e. The van der Waals surface area contributed by atoms with E-state index in [1.165, 1.54) is 14.2 Å². The van der Waals surface area contributed by atoms with Gasteiger partial charge in [0.2, 0.25) is 5.91 Å². The molecule has 0 heterocycles. The zero-order valence-corrected chi connectivity index (χ0v) is 13.0. The van der Waals surface area contributed by atoms with Crippen molar-refractivity contribution in [3.05, 3.63) is 23.8 Å². The van der Waals surface area contributed by atoms with Crippen LogP contribution in [0.4, 0.5) is 0 Å². The molecule has 23 heavy (non-hydrogen) atoms. The average molecular weight is 321 g/mol. The van der Waals surface area contributed by atoms with Crippen molar-refractivity contribution in [2.24, 2.45) is 0 Å². The molecule has 8 heteroatoms. The Morgan fingerprint density at radius 2 is 1.83 bits per heavy atom. The Morgan fingerprint density at radius 3 is 2.43 bits per heavy atom. The minimum Gasteiger partial charge on any atom is -0.497 e. The fourth-order valence-corrected chi connectivity index (χ4v) is 1.88. The van der Waals surface area contributed by atoms with Gasteiger partial charge in [0.25, 0.3) is 0 Å². The van der Waals surface area contributed by atoms with Gasteiger partial charge in [0, 0.05) is 17.7 Å². The second-order valence-corrected chi connectivity index (χ2v) is 5.10. The quantitative estimate of drug-likeness (QED) is 0.509. The Hall–Kier alpha value is -2.77. The first-order chi connectivity index (χ1) is 11.0. The van der Waals surface area contributed by atoms with Gasteiger partial charge >= 0.3 is 11.8 Å². The van der Waals surface area contributed by atoms with E-state index >= 15 is 0 Å². The molecule has 2 rings (SSSR count). The summed E-state index contributed by atoms with van der Waals surface area (Å²) in [7, 11) is 3.02. The molecule has 1 aliphatic rings. The monoisotopic (exact) mass is 321 g/mol. The van der Waals surface area contributed by atoms with E-state index in [2.05, 4.69) is 16.2 Å². The number of hydrogen-bond donors (Lipinski definition) is 3. The van der Waals surface area contributed by atoms with E-state index in [1.54, 1.807) is 18.2 Å². The van der Waals surface area contributed by atoms with Crippen molar-refractivity contribution in [2.75, 3.05) is 14.2 Å². The Kier molecular flexibility index (Phi) is 5.40. The highest BCUT2D eigenvalue weighted by molar-refractivity contribution is 6.35. The van der Waals surface area contributed by atoms with Gasteiger partial charge in [-0.2, -0.15) is 0 Å². The largest absolute Gasteiger partial charge is 0.497 e. The number of carbonyl (C=O) groups is 3. The minimum absolute atomic E-state index is 0.0162. The Morgan fingerprint density at radius 1 is 1.09 bits per heavy atom. The molecule has 1 aliphatic carbocycles. The van der Waals surface area contributed by atoms with E-state index in [0.29, 0.717) is 17.1 Å². The number of hydrogen-bond acceptors (Lipinski definition) is 5. The highest BCUT2D eigenvalue weighted by Gasteiger charge is 2.26. The predicted octanol–water partition coefficient (Wildman–Crippen LogP) is -0.328. The summed E-state index contributed by atoms with van der Waals surface area (Å²) >= 11 is 0. The fraction of sp³-hybridized carbons (Fsp3) is 0.400. The van der Waals surface area contributed by atoms with Crippen LogP contribution in [0.1, 0.15) is 18.4 Å². The summed E-state index contributed by atoms with van der Waals surface area (Å²) in [6.45, 7) is 0. The third kappa shape index (κ3) is 4.87. The SMILES string of the molecule is COc1ccc(CC(=O)NNC(=O)C(=O)NC2CC2)c(OC)c1. The molecule has 0 aliphatic heterocycles. The standard InChI is InChI=1S/C15H19N3O5/c1-22-11-6-3-9(12(8-11)23-2)7-13(19)17-18-15(21)14(20)16-10-4-5-10/h3,6,8,10H,4-5,7H2,1-2H3,(H,16,20)(H,17,19)(H,18,21). The fourth-order valence-electron chi connectivity index (χ4n) is 1.88. The van der Waals surface area contributed by atoms with Crippen molar-refractivity contribution in [1.29, 1.82) is 0 Å². The summed E-state index contributed by atoms with van der Waals surface area (Å²) in [4.78, 5) is 34.8. The number of ether oxygens (including phenoxy) is 2. The lowest BCUT2D eigenvalue weighted by Crippen LogP contribution is -2.49. The molecule has 0 radical (unpaired) electrons. The van der Waals surface area contributed by atoms with Crippen LogP contribution in [0.15, 0.2) is 18.2 Å². The van der Waals surface area contributed by atoms with Crippen molar-refractivity contribution in [3.8, 4) is 11.5 Å². The maximum absolute atomic E-state index is 11.9. The van der Waals surface area contributed by atoms with E-state index < -0.39 is 17.7 Å². The van der Waals surface area contributed by atoms with Crippen LogP contribution in [0.5, 0.6) is 11.5 Å². The molecule has 0 unspecified atom stereocenters. The highest BCUT2D eigenvalue weighted by Crippen LogP contribution is 2.24. The molecule has 8 nitrogen and oxygen atoms in total. The molecule has 0 atom stereocenters. The van der Waals surface area contributed by atoms with Gasteiger partial charge in [0.15, 0.2) is 0 Å². The van der Waals surface area contributed by atoms with Gasteiger partial charge in [-0.25, -0.2) is 0 Å². The lowest BCUT2D eigenvalue weighted by atomic mass is 10.1. The molecule has 0 aromatic heterocycles. The average Bonchev–Trinajstić information content (AvgIpc) is 3.36. The van der Waals surface area contributed by atoms with Gasteiger partial charge in [-0.15, -0.1) is 0 Å². The smallest absolute Gasteiger partial charge is 0.327 e. The molecule has 0 bridgehead atoms. The van der Waals surface area contributed by atoms with Crippen LogP contribution in [0.2, 0.25) is 0 Å². The van der Waals surface area contributed by atoms with Crippen LogP contribution in [0.25, 0.3) is 0 Å². The van der Waals surface area contributed by atoms with Gasteiger partial charge in [-0.3, -0.25) is 25.2 Å². The molecule has 124 valence electrons. The number of methoxy groups -OCH3 is 2. The topological polar surface area (TPSA) is 106 Å². The molecule has 1 fully saturated rings. The van der Waals surface area contributed by atoms with Crippen molar-refractivity contribution in [2.45, 2.75) is 25.3 Å². The zero-order valence-electron chi connectivity index (χ0n) is 13.0. The van der Waals surface area contributed by atoms with E-state index in [-0.39, 0.29) is 12.5 Å². The molecule has 0 saturated heterocycles. The second kappa shape index (κ2) is 7.48. The minimum atomic E-state index is -0.896. The predicted molar refractivity (Wildman–Crippen MR) is 80.7 cm³/mol. The first-order valence-electron chi connectivity index (χ1n) is 7.14. The first kappa shape index (κ1) is 16.6. The number of hydrazine groups is 1. The van der Waals surface area contributed by atoms with Crippen LogP contribution >= 0.6 is 0 Å². The molecule has 1 saturated carbocycles. The lowest BCUT2D eigenvalue weighted by Gasteiger charge is -2.11. The molecule has 0 spiro atoms. The maximum atomic E-state index is 11.9. The summed E-state index contributed by atoms with van der Waals surface area (Å²) in [5.74, 6) is -1.02. The molecular formula is C15H19N3O5. The summed E-state index contributed by atoms with van der Waals surface area (Å²) in [5.41, 5.74) is 4.91. The second-order valence-electron chi connectivity index (χ2n) is 5.10. The Bertz CT molecular complexity index is 613. The van der Waals surface area contributed by atoms with Gasteiger partial charge in [0.1, 0.15) is 11.5 Å². The summed E-state index contributed by atoms with van der Waals surface area (Å²) < 4.78 is 10.3. The van der Waals surface area contributed by atoms with E-state index in [9.17, 15) is 14.4 Å². The molecule has 1 aromatic carbocycles. The van der Waals surface area contributed by atoms with Gasteiger partial charge in [-0.05, 0) is 18.9 Å². The van der Waals surface area contributed by atoms with Crippen LogP contribution in [0.3, 0.4) is 0 Å². The van der Waals surface area contributed by atoms with Crippen molar-refractivity contribution < 1.29 is 23.9 Å².